The molecule has 0 atom stereocenters. The second-order valence-corrected chi connectivity index (χ2v) is 14.5. The van der Waals surface area contributed by atoms with Gasteiger partial charge in [-0.2, -0.15) is 10.2 Å². The summed E-state index contributed by atoms with van der Waals surface area (Å²) in [7, 11) is -0.386. The van der Waals surface area contributed by atoms with Crippen LogP contribution in [0.4, 0.5) is 11.6 Å². The number of hydrogen-bond acceptors (Lipinski definition) is 12. The lowest BCUT2D eigenvalue weighted by molar-refractivity contribution is 0.00578. The minimum Gasteiger partial charge on any atom is -0.399 e. The molecule has 2 aromatic carbocycles. The third-order valence-electron chi connectivity index (χ3n) is 9.46. The zero-order chi connectivity index (χ0) is 39.6. The summed E-state index contributed by atoms with van der Waals surface area (Å²) in [5, 5.41) is 11.2. The number of fused-ring (bicyclic) bond motifs is 2. The van der Waals surface area contributed by atoms with Gasteiger partial charge in [-0.25, -0.2) is 39.3 Å². The number of aryl methyl sites for hydroxylation is 2. The zero-order valence-electron chi connectivity index (χ0n) is 31.8. The van der Waals surface area contributed by atoms with Crippen LogP contribution in [0.2, 0.25) is 5.28 Å². The van der Waals surface area contributed by atoms with E-state index in [0.717, 1.165) is 55.9 Å². The van der Waals surface area contributed by atoms with Crippen molar-refractivity contribution >= 4 is 57.6 Å². The summed E-state index contributed by atoms with van der Waals surface area (Å²) in [4.78, 5) is 24.9. The second-order valence-electron chi connectivity index (χ2n) is 14.1. The summed E-state index contributed by atoms with van der Waals surface area (Å²) in [6, 6.07) is 27.2. The molecule has 4 N–H and O–H groups in total. The van der Waals surface area contributed by atoms with E-state index in [-0.39, 0.29) is 23.6 Å². The molecule has 6 aromatic heterocycles. The van der Waals surface area contributed by atoms with Crippen molar-refractivity contribution < 1.29 is 9.31 Å². The molecule has 1 aliphatic rings. The summed E-state index contributed by atoms with van der Waals surface area (Å²) in [6.45, 7) is 12.2. The van der Waals surface area contributed by atoms with Gasteiger partial charge in [0.15, 0.2) is 17.5 Å². The summed E-state index contributed by atoms with van der Waals surface area (Å²) in [5.41, 5.74) is 16.0. The molecule has 9 rings (SSSR count). The predicted octanol–water partition coefficient (Wildman–Crippen LogP) is 6.51. The van der Waals surface area contributed by atoms with E-state index in [0.29, 0.717) is 17.5 Å². The Morgan fingerprint density at radius 1 is 0.625 bits per heavy atom. The topological polar surface area (TPSA) is 183 Å². The van der Waals surface area contributed by atoms with Crippen molar-refractivity contribution in [1.29, 1.82) is 0 Å². The molecule has 0 spiro atoms. The first-order valence-corrected chi connectivity index (χ1v) is 18.2. The molecule has 0 radical (unpaired) electrons. The van der Waals surface area contributed by atoms with Crippen LogP contribution in [0.15, 0.2) is 110 Å². The van der Waals surface area contributed by atoms with E-state index in [1.165, 1.54) is 6.20 Å². The monoisotopic (exact) mass is 766 g/mol. The standard InChI is InChI=1S/C19H22BN3O2.C17H14N6.C4H4ClN3/c1-13-7-6-8-17(22-13)23-16-11-15(10-9-14(16)12-21-23)20-24-18(2,3)19(4,5)25-20;1-11-3-2-4-16(21-11)23-14-9-12(5-6-13(14)10-20-23)17-19-8-7-15(18)22-17;5-4-7-2-1-3(6)8-4/h6-12H,1-5H3;2-10H,1H3,(H2,18,19,22);1-2H,(H2,6,7,8). The number of nitrogens with two attached hydrogens (primary N) is 2. The van der Waals surface area contributed by atoms with Gasteiger partial charge in [0.2, 0.25) is 5.28 Å². The van der Waals surface area contributed by atoms with E-state index in [2.05, 4.69) is 79.9 Å². The number of aromatic nitrogens is 10. The second kappa shape index (κ2) is 15.5. The number of pyridine rings is 2. The van der Waals surface area contributed by atoms with E-state index in [1.54, 1.807) is 18.3 Å². The fourth-order valence-electron chi connectivity index (χ4n) is 5.84. The highest BCUT2D eigenvalue weighted by molar-refractivity contribution is 6.62. The highest BCUT2D eigenvalue weighted by atomic mass is 35.5. The Bertz CT molecular complexity index is 2630. The van der Waals surface area contributed by atoms with Crippen molar-refractivity contribution in [2.75, 3.05) is 11.5 Å². The molecule has 16 heteroatoms. The molecule has 282 valence electrons. The molecular formula is C40H40BClN12O2. The lowest BCUT2D eigenvalue weighted by atomic mass is 9.79. The third-order valence-corrected chi connectivity index (χ3v) is 9.64. The van der Waals surface area contributed by atoms with Crippen LogP contribution in [0.1, 0.15) is 39.1 Å². The van der Waals surface area contributed by atoms with E-state index in [1.807, 2.05) is 96.3 Å². The van der Waals surface area contributed by atoms with Crippen molar-refractivity contribution in [1.82, 2.24) is 49.5 Å². The molecule has 7 heterocycles. The first-order valence-electron chi connectivity index (χ1n) is 17.8. The molecule has 0 bridgehead atoms. The van der Waals surface area contributed by atoms with Crippen molar-refractivity contribution in [3.8, 4) is 23.0 Å². The van der Waals surface area contributed by atoms with Crippen molar-refractivity contribution in [3.63, 3.8) is 0 Å². The Morgan fingerprint density at radius 2 is 1.16 bits per heavy atom. The first-order chi connectivity index (χ1) is 26.8. The fourth-order valence-corrected chi connectivity index (χ4v) is 5.99. The molecule has 8 aromatic rings. The van der Waals surface area contributed by atoms with Crippen LogP contribution >= 0.6 is 11.6 Å². The van der Waals surface area contributed by atoms with E-state index >= 15 is 0 Å². The number of anilines is 2. The van der Waals surface area contributed by atoms with Crippen molar-refractivity contribution in [2.24, 2.45) is 0 Å². The molecule has 14 nitrogen and oxygen atoms in total. The van der Waals surface area contributed by atoms with E-state index < -0.39 is 0 Å². The van der Waals surface area contributed by atoms with E-state index in [4.69, 9.17) is 32.4 Å². The Morgan fingerprint density at radius 3 is 1.68 bits per heavy atom. The Labute approximate surface area is 329 Å². The number of nitrogen functional groups attached to an aromatic ring is 2. The van der Waals surface area contributed by atoms with Crippen molar-refractivity contribution in [2.45, 2.75) is 52.7 Å². The molecule has 0 amide bonds. The van der Waals surface area contributed by atoms with Gasteiger partial charge in [-0.1, -0.05) is 36.4 Å². The summed E-state index contributed by atoms with van der Waals surface area (Å²) in [6.07, 6.45) is 6.84. The first kappa shape index (κ1) is 38.0. The van der Waals surface area contributed by atoms with Crippen molar-refractivity contribution in [3.05, 3.63) is 126 Å². The summed E-state index contributed by atoms with van der Waals surface area (Å²) in [5.74, 6) is 3.03. The maximum absolute atomic E-state index is 6.17. The Hall–Kier alpha value is -6.29. The third kappa shape index (κ3) is 8.20. The van der Waals surface area contributed by atoms with Gasteiger partial charge in [0.25, 0.3) is 0 Å². The van der Waals surface area contributed by atoms with Gasteiger partial charge in [-0.3, -0.25) is 0 Å². The number of rotatable bonds is 4. The van der Waals surface area contributed by atoms with Gasteiger partial charge >= 0.3 is 7.12 Å². The molecule has 1 saturated heterocycles. The SMILES string of the molecule is Cc1cccc(-n2ncc3ccc(-c4nccc(N)n4)cc32)n1.Cc1cccc(-n2ncc3ccc(B4OC(C)(C)C(C)(C)O4)cc32)n1.Nc1ccnc(Cl)n1. The lowest BCUT2D eigenvalue weighted by Crippen LogP contribution is -2.41. The summed E-state index contributed by atoms with van der Waals surface area (Å²) >= 11 is 5.34. The van der Waals surface area contributed by atoms with Gasteiger partial charge in [0.1, 0.15) is 11.6 Å². The summed E-state index contributed by atoms with van der Waals surface area (Å²) < 4.78 is 16.0. The maximum atomic E-state index is 6.17. The largest absolute Gasteiger partial charge is 0.494 e. The molecular weight excluding hydrogens is 727 g/mol. The van der Waals surface area contributed by atoms with Gasteiger partial charge in [-0.05, 0) is 107 Å². The quantitative estimate of drug-likeness (QED) is 0.147. The van der Waals surface area contributed by atoms with Crippen LogP contribution < -0.4 is 16.9 Å². The van der Waals surface area contributed by atoms with Crippen LogP contribution in [0, 0.1) is 13.8 Å². The van der Waals surface area contributed by atoms with Crippen LogP contribution in [-0.4, -0.2) is 67.8 Å². The van der Waals surface area contributed by atoms with Crippen LogP contribution in [-0.2, 0) is 9.31 Å². The van der Waals surface area contributed by atoms with Gasteiger partial charge in [0.05, 0.1) is 34.6 Å². The zero-order valence-corrected chi connectivity index (χ0v) is 32.5. The van der Waals surface area contributed by atoms with Crippen LogP contribution in [0.25, 0.3) is 44.8 Å². The molecule has 1 aliphatic heterocycles. The Balaban J connectivity index is 0.000000144. The smallest absolute Gasteiger partial charge is 0.399 e. The van der Waals surface area contributed by atoms with Crippen LogP contribution in [0.3, 0.4) is 0 Å². The molecule has 0 aliphatic carbocycles. The highest BCUT2D eigenvalue weighted by Crippen LogP contribution is 2.36. The number of benzene rings is 2. The lowest BCUT2D eigenvalue weighted by Gasteiger charge is -2.32. The minimum absolute atomic E-state index is 0.185. The van der Waals surface area contributed by atoms with E-state index in [9.17, 15) is 0 Å². The average molecular weight is 767 g/mol. The van der Waals surface area contributed by atoms with Gasteiger partial charge in [-0.15, -0.1) is 0 Å². The maximum Gasteiger partial charge on any atom is 0.494 e. The molecule has 56 heavy (non-hydrogen) atoms. The molecule has 0 saturated carbocycles. The normalized spacial score (nSPS) is 14.2. The number of nitrogens with zero attached hydrogens (tertiary/aromatic N) is 10. The number of hydrogen-bond donors (Lipinski definition) is 2. The number of halogens is 1. The highest BCUT2D eigenvalue weighted by Gasteiger charge is 2.51. The van der Waals surface area contributed by atoms with Gasteiger partial charge in [0, 0.05) is 40.1 Å². The average Bonchev–Trinajstić information content (AvgIpc) is 3.84. The predicted molar refractivity (Wildman–Crippen MR) is 220 cm³/mol. The van der Waals surface area contributed by atoms with Crippen LogP contribution in [0.5, 0.6) is 0 Å². The van der Waals surface area contributed by atoms with Gasteiger partial charge < -0.3 is 20.8 Å². The Kier molecular flexibility index (Phi) is 10.5. The fraction of sp³-hybridized carbons (Fsp3) is 0.200. The minimum atomic E-state index is -0.386. The molecule has 1 fully saturated rings. The molecule has 0 unspecified atom stereocenters.